The summed E-state index contributed by atoms with van der Waals surface area (Å²) < 4.78 is 6.17. The molecule has 0 radical (unpaired) electrons. The number of fused-ring (bicyclic) bond motifs is 1. The van der Waals surface area contributed by atoms with E-state index in [1.54, 1.807) is 6.21 Å². The number of rotatable bonds is 5. The first-order chi connectivity index (χ1) is 16.7. The molecule has 6 atom stereocenters. The van der Waals surface area contributed by atoms with E-state index in [1.165, 1.54) is 5.39 Å². The summed E-state index contributed by atoms with van der Waals surface area (Å²) in [6.45, 7) is 0.412. The molecule has 5 aliphatic rings. The Labute approximate surface area is 197 Å². The Bertz CT molecular complexity index is 1350. The summed E-state index contributed by atoms with van der Waals surface area (Å²) in [5.41, 5.74) is 1.84. The minimum Gasteiger partial charge on any atom is -0.488 e. The van der Waals surface area contributed by atoms with E-state index in [-0.39, 0.29) is 35.5 Å². The number of para-hydroxylation sites is 1. The molecule has 2 saturated carbocycles. The van der Waals surface area contributed by atoms with Crippen molar-refractivity contribution in [2.75, 3.05) is 0 Å². The summed E-state index contributed by atoms with van der Waals surface area (Å²) in [4.78, 5) is 26.3. The second-order valence-corrected chi connectivity index (χ2v) is 9.85. The highest BCUT2D eigenvalue weighted by molar-refractivity contribution is 6.06. The largest absolute Gasteiger partial charge is 0.488 e. The van der Waals surface area contributed by atoms with Gasteiger partial charge in [0, 0.05) is 5.56 Å². The quantitative estimate of drug-likeness (QED) is 0.320. The van der Waals surface area contributed by atoms with Gasteiger partial charge in [0.2, 0.25) is 0 Å². The molecule has 8 rings (SSSR count). The number of ether oxygens (including phenoxy) is 1. The molecule has 1 heterocycles. The van der Waals surface area contributed by atoms with Crippen LogP contribution < -0.4 is 4.74 Å². The second-order valence-electron chi connectivity index (χ2n) is 9.85. The number of imide groups is 1. The zero-order chi connectivity index (χ0) is 22.8. The topological polar surface area (TPSA) is 59.0 Å². The number of carbonyl (C=O) groups excluding carboxylic acids is 2. The lowest BCUT2D eigenvalue weighted by Gasteiger charge is -2.37. The van der Waals surface area contributed by atoms with Gasteiger partial charge in [0.1, 0.15) is 12.4 Å². The number of hydrogen-bond donors (Lipinski definition) is 0. The number of carbonyl (C=O) groups is 2. The Morgan fingerprint density at radius 3 is 2.32 bits per heavy atom. The SMILES string of the molecule is O=C1[C@@H]2[C@H]3C=C[C@@H]([C@@H]4C[C@H]34)[C@@H]2C(=O)N1/N=C\c1ccccc1OCc1cccc2ccccc12. The molecule has 1 aliphatic heterocycles. The Morgan fingerprint density at radius 2 is 1.53 bits per heavy atom. The summed E-state index contributed by atoms with van der Waals surface area (Å²) in [5, 5.41) is 7.84. The number of hydrogen-bond acceptors (Lipinski definition) is 4. The van der Waals surface area contributed by atoms with Crippen LogP contribution in [-0.2, 0) is 16.2 Å². The molecule has 5 heteroatoms. The van der Waals surface area contributed by atoms with Crippen molar-refractivity contribution in [3.63, 3.8) is 0 Å². The molecule has 0 unspecified atom stereocenters. The molecule has 0 N–H and O–H groups in total. The average Bonchev–Trinajstić information content (AvgIpc) is 3.66. The normalized spacial score (nSPS) is 30.8. The first kappa shape index (κ1) is 19.7. The van der Waals surface area contributed by atoms with Gasteiger partial charge in [0.25, 0.3) is 11.8 Å². The Hall–Kier alpha value is -3.73. The Balaban J connectivity index is 1.12. The van der Waals surface area contributed by atoms with E-state index in [0.29, 0.717) is 24.2 Å². The molecular weight excluding hydrogens is 424 g/mol. The van der Waals surface area contributed by atoms with Crippen LogP contribution in [0.5, 0.6) is 5.75 Å². The van der Waals surface area contributed by atoms with Crippen molar-refractivity contribution in [1.29, 1.82) is 0 Å². The highest BCUT2D eigenvalue weighted by atomic mass is 16.5. The number of allylic oxidation sites excluding steroid dienone is 2. The van der Waals surface area contributed by atoms with Crippen LogP contribution in [0.2, 0.25) is 0 Å². The molecule has 3 fully saturated rings. The maximum absolute atomic E-state index is 13.2. The van der Waals surface area contributed by atoms with E-state index >= 15 is 0 Å². The molecule has 4 aliphatic carbocycles. The zero-order valence-electron chi connectivity index (χ0n) is 18.6. The van der Waals surface area contributed by atoms with Crippen LogP contribution in [0.15, 0.2) is 84.0 Å². The summed E-state index contributed by atoms with van der Waals surface area (Å²) in [6, 6.07) is 22.0. The molecule has 2 amide bonds. The predicted octanol–water partition coefficient (Wildman–Crippen LogP) is 4.81. The molecule has 5 nitrogen and oxygen atoms in total. The standard InChI is InChI=1S/C29H24N2O3/c32-28-26-21-12-13-22(24-14-23(21)24)27(26)29(33)31(28)30-15-18-7-2-4-11-25(18)34-16-19-9-5-8-17-6-1-3-10-20(17)19/h1-13,15,21-24,26-27H,14,16H2/b30-15-/t21-,22-,23-,24+,26-,27+/m0/s1. The van der Waals surface area contributed by atoms with Gasteiger partial charge in [0.05, 0.1) is 18.1 Å². The fourth-order valence-electron chi connectivity index (χ4n) is 6.47. The van der Waals surface area contributed by atoms with Gasteiger partial charge in [-0.3, -0.25) is 9.59 Å². The van der Waals surface area contributed by atoms with Crippen molar-refractivity contribution >= 4 is 28.8 Å². The van der Waals surface area contributed by atoms with Gasteiger partial charge in [-0.1, -0.05) is 66.7 Å². The number of amides is 2. The molecule has 0 aromatic heterocycles. The lowest BCUT2D eigenvalue weighted by atomic mass is 9.63. The molecule has 3 aromatic carbocycles. The summed E-state index contributed by atoms with van der Waals surface area (Å²) in [7, 11) is 0. The van der Waals surface area contributed by atoms with Gasteiger partial charge in [-0.15, -0.1) is 0 Å². The van der Waals surface area contributed by atoms with Crippen LogP contribution in [0.4, 0.5) is 0 Å². The third-order valence-corrected chi connectivity index (χ3v) is 8.13. The van der Waals surface area contributed by atoms with Crippen molar-refractivity contribution in [3.8, 4) is 5.75 Å². The number of nitrogens with zero attached hydrogens (tertiary/aromatic N) is 2. The van der Waals surface area contributed by atoms with E-state index in [0.717, 1.165) is 27.9 Å². The maximum atomic E-state index is 13.2. The van der Waals surface area contributed by atoms with Crippen LogP contribution in [0, 0.1) is 35.5 Å². The van der Waals surface area contributed by atoms with Crippen LogP contribution in [-0.4, -0.2) is 23.0 Å². The third-order valence-electron chi connectivity index (χ3n) is 8.13. The van der Waals surface area contributed by atoms with Gasteiger partial charge in [-0.05, 0) is 58.6 Å². The number of hydrazone groups is 1. The highest BCUT2D eigenvalue weighted by Gasteiger charge is 2.67. The maximum Gasteiger partial charge on any atom is 0.254 e. The van der Waals surface area contributed by atoms with Gasteiger partial charge in [-0.2, -0.15) is 10.1 Å². The van der Waals surface area contributed by atoms with Crippen molar-refractivity contribution in [3.05, 3.63) is 90.0 Å². The lowest BCUT2D eigenvalue weighted by molar-refractivity contribution is -0.140. The molecule has 34 heavy (non-hydrogen) atoms. The molecule has 168 valence electrons. The Kier molecular flexibility index (Phi) is 4.28. The number of benzene rings is 3. The van der Waals surface area contributed by atoms with E-state index in [4.69, 9.17) is 4.74 Å². The smallest absolute Gasteiger partial charge is 0.254 e. The first-order valence-electron chi connectivity index (χ1n) is 12.0. The fourth-order valence-corrected chi connectivity index (χ4v) is 6.47. The average molecular weight is 449 g/mol. The molecule has 1 saturated heterocycles. The lowest BCUT2D eigenvalue weighted by Crippen LogP contribution is -2.40. The predicted molar refractivity (Wildman–Crippen MR) is 129 cm³/mol. The zero-order valence-corrected chi connectivity index (χ0v) is 18.6. The third kappa shape index (κ3) is 2.89. The van der Waals surface area contributed by atoms with Gasteiger partial charge >= 0.3 is 0 Å². The van der Waals surface area contributed by atoms with E-state index in [2.05, 4.69) is 41.5 Å². The van der Waals surface area contributed by atoms with Crippen LogP contribution >= 0.6 is 0 Å². The second kappa shape index (κ2) is 7.39. The van der Waals surface area contributed by atoms with Crippen LogP contribution in [0.1, 0.15) is 17.5 Å². The first-order valence-corrected chi connectivity index (χ1v) is 12.0. The molecule has 0 spiro atoms. The minimum absolute atomic E-state index is 0.148. The fraction of sp³-hybridized carbons (Fsp3) is 0.276. The van der Waals surface area contributed by atoms with Crippen molar-refractivity contribution in [2.24, 2.45) is 40.6 Å². The minimum atomic E-state index is -0.235. The van der Waals surface area contributed by atoms with Crippen LogP contribution in [0.3, 0.4) is 0 Å². The highest BCUT2D eigenvalue weighted by Crippen LogP contribution is 2.65. The summed E-state index contributed by atoms with van der Waals surface area (Å²) >= 11 is 0. The molecule has 3 aromatic rings. The summed E-state index contributed by atoms with van der Waals surface area (Å²) in [5.74, 6) is 1.47. The van der Waals surface area contributed by atoms with Crippen LogP contribution in [0.25, 0.3) is 10.8 Å². The van der Waals surface area contributed by atoms with E-state index < -0.39 is 0 Å². The van der Waals surface area contributed by atoms with E-state index in [1.807, 2.05) is 42.5 Å². The van der Waals surface area contributed by atoms with Crippen molar-refractivity contribution in [2.45, 2.75) is 13.0 Å². The monoisotopic (exact) mass is 448 g/mol. The van der Waals surface area contributed by atoms with Gasteiger partial charge in [-0.25, -0.2) is 0 Å². The van der Waals surface area contributed by atoms with Gasteiger partial charge < -0.3 is 4.74 Å². The van der Waals surface area contributed by atoms with Gasteiger partial charge in [0.15, 0.2) is 0 Å². The van der Waals surface area contributed by atoms with Crippen molar-refractivity contribution in [1.82, 2.24) is 5.01 Å². The molecule has 2 bridgehead atoms. The van der Waals surface area contributed by atoms with E-state index in [9.17, 15) is 9.59 Å². The van der Waals surface area contributed by atoms with Crippen molar-refractivity contribution < 1.29 is 14.3 Å². The Morgan fingerprint density at radius 1 is 0.853 bits per heavy atom. The molecular formula is C29H24N2O3. The summed E-state index contributed by atoms with van der Waals surface area (Å²) in [6.07, 6.45) is 7.09.